The lowest BCUT2D eigenvalue weighted by atomic mass is 9.75. The molecule has 2 unspecified atom stereocenters. The zero-order chi connectivity index (χ0) is 19.6. The molecular formula is C20H20F4O2. The third-order valence-electron chi connectivity index (χ3n) is 4.65. The van der Waals surface area contributed by atoms with Gasteiger partial charge in [-0.25, -0.2) is 17.6 Å². The van der Waals surface area contributed by atoms with Crippen molar-refractivity contribution in [3.05, 3.63) is 70.3 Å². The number of carboxylic acids is 1. The first-order valence-electron chi connectivity index (χ1n) is 8.25. The number of carboxylic acid groups (broad SMARTS) is 1. The minimum absolute atomic E-state index is 0.176. The standard InChI is InChI=1S/C20H20F4O2/c1-10(2)15(12-7-5-4-6-8-12)13(20(25)26)9-14-18(23)16(21)11(3)17(22)19(14)24/h4-8,10,13,15H,9H2,1-3H3,(H,25,26). The van der Waals surface area contributed by atoms with Crippen LogP contribution >= 0.6 is 0 Å². The first kappa shape index (κ1) is 19.9. The molecule has 0 fully saturated rings. The molecule has 26 heavy (non-hydrogen) atoms. The van der Waals surface area contributed by atoms with Crippen molar-refractivity contribution in [2.24, 2.45) is 11.8 Å². The maximum absolute atomic E-state index is 14.2. The highest BCUT2D eigenvalue weighted by Crippen LogP contribution is 2.36. The molecule has 0 bridgehead atoms. The quantitative estimate of drug-likeness (QED) is 0.560. The average molecular weight is 368 g/mol. The number of carbonyl (C=O) groups is 1. The Morgan fingerprint density at radius 1 is 0.962 bits per heavy atom. The van der Waals surface area contributed by atoms with Gasteiger partial charge in [-0.05, 0) is 30.7 Å². The summed E-state index contributed by atoms with van der Waals surface area (Å²) in [6, 6.07) is 8.68. The van der Waals surface area contributed by atoms with Crippen LogP contribution in [0.4, 0.5) is 17.6 Å². The summed E-state index contributed by atoms with van der Waals surface area (Å²) in [5, 5.41) is 9.66. The van der Waals surface area contributed by atoms with E-state index in [0.29, 0.717) is 5.56 Å². The molecule has 1 N–H and O–H groups in total. The van der Waals surface area contributed by atoms with E-state index in [1.807, 2.05) is 0 Å². The Hall–Kier alpha value is -2.37. The van der Waals surface area contributed by atoms with Crippen molar-refractivity contribution in [1.82, 2.24) is 0 Å². The lowest BCUT2D eigenvalue weighted by Gasteiger charge is -2.28. The molecule has 0 aliphatic carbocycles. The van der Waals surface area contributed by atoms with Crippen molar-refractivity contribution in [1.29, 1.82) is 0 Å². The summed E-state index contributed by atoms with van der Waals surface area (Å²) in [4.78, 5) is 11.9. The van der Waals surface area contributed by atoms with Crippen molar-refractivity contribution in [3.63, 3.8) is 0 Å². The fraction of sp³-hybridized carbons (Fsp3) is 0.350. The molecule has 140 valence electrons. The summed E-state index contributed by atoms with van der Waals surface area (Å²) < 4.78 is 56.1. The smallest absolute Gasteiger partial charge is 0.307 e. The largest absolute Gasteiger partial charge is 0.481 e. The van der Waals surface area contributed by atoms with Crippen LogP contribution in [0, 0.1) is 42.0 Å². The Kier molecular flexibility index (Phi) is 6.05. The van der Waals surface area contributed by atoms with Gasteiger partial charge in [0, 0.05) is 11.1 Å². The molecule has 2 atom stereocenters. The summed E-state index contributed by atoms with van der Waals surface area (Å²) in [7, 11) is 0. The molecule has 2 rings (SSSR count). The zero-order valence-electron chi connectivity index (χ0n) is 14.7. The molecular weight excluding hydrogens is 348 g/mol. The van der Waals surface area contributed by atoms with Crippen LogP contribution in [0.25, 0.3) is 0 Å². The second-order valence-corrected chi connectivity index (χ2v) is 6.69. The lowest BCUT2D eigenvalue weighted by Crippen LogP contribution is -2.29. The van der Waals surface area contributed by atoms with E-state index in [0.717, 1.165) is 6.92 Å². The zero-order valence-corrected chi connectivity index (χ0v) is 14.7. The Balaban J connectivity index is 2.54. The van der Waals surface area contributed by atoms with Crippen LogP contribution in [0.3, 0.4) is 0 Å². The highest BCUT2D eigenvalue weighted by Gasteiger charge is 2.35. The first-order chi connectivity index (χ1) is 12.2. The molecule has 0 aliphatic rings. The van der Waals surface area contributed by atoms with Gasteiger partial charge in [-0.1, -0.05) is 44.2 Å². The Morgan fingerprint density at radius 3 is 1.88 bits per heavy atom. The summed E-state index contributed by atoms with van der Waals surface area (Å²) in [6.07, 6.45) is -0.654. The fourth-order valence-corrected chi connectivity index (χ4v) is 3.31. The number of hydrogen-bond acceptors (Lipinski definition) is 1. The van der Waals surface area contributed by atoms with Crippen molar-refractivity contribution in [2.75, 3.05) is 0 Å². The van der Waals surface area contributed by atoms with Crippen LogP contribution in [-0.4, -0.2) is 11.1 Å². The van der Waals surface area contributed by atoms with Crippen LogP contribution in [-0.2, 0) is 11.2 Å². The van der Waals surface area contributed by atoms with Gasteiger partial charge in [0.25, 0.3) is 0 Å². The van der Waals surface area contributed by atoms with Gasteiger partial charge in [0.2, 0.25) is 0 Å². The van der Waals surface area contributed by atoms with Crippen LogP contribution in [0.1, 0.15) is 36.5 Å². The number of halogens is 4. The van der Waals surface area contributed by atoms with Gasteiger partial charge < -0.3 is 5.11 Å². The first-order valence-corrected chi connectivity index (χ1v) is 8.25. The molecule has 0 aliphatic heterocycles. The predicted octanol–water partition coefficient (Wildman–Crippen LogP) is 5.23. The number of hydrogen-bond donors (Lipinski definition) is 1. The minimum atomic E-state index is -1.54. The molecule has 0 heterocycles. The molecule has 2 nitrogen and oxygen atoms in total. The maximum Gasteiger partial charge on any atom is 0.307 e. The SMILES string of the molecule is Cc1c(F)c(F)c(CC(C(=O)O)C(c2ccccc2)C(C)C)c(F)c1F. The van der Waals surface area contributed by atoms with Gasteiger partial charge in [0.15, 0.2) is 23.3 Å². The van der Waals surface area contributed by atoms with E-state index in [9.17, 15) is 27.5 Å². The third kappa shape index (κ3) is 3.74. The molecule has 0 radical (unpaired) electrons. The highest BCUT2D eigenvalue weighted by molar-refractivity contribution is 5.72. The topological polar surface area (TPSA) is 37.3 Å². The second-order valence-electron chi connectivity index (χ2n) is 6.69. The van der Waals surface area contributed by atoms with Crippen molar-refractivity contribution in [3.8, 4) is 0 Å². The van der Waals surface area contributed by atoms with E-state index >= 15 is 0 Å². The number of benzene rings is 2. The molecule has 0 amide bonds. The summed E-state index contributed by atoms with van der Waals surface area (Å²) in [5.41, 5.74) is -0.956. The van der Waals surface area contributed by atoms with Crippen molar-refractivity contribution >= 4 is 5.97 Å². The summed E-state index contributed by atoms with van der Waals surface area (Å²) in [6.45, 7) is 4.50. The highest BCUT2D eigenvalue weighted by atomic mass is 19.2. The van der Waals surface area contributed by atoms with Gasteiger partial charge in [-0.2, -0.15) is 0 Å². The van der Waals surface area contributed by atoms with E-state index in [2.05, 4.69) is 0 Å². The van der Waals surface area contributed by atoms with E-state index in [-0.39, 0.29) is 5.92 Å². The summed E-state index contributed by atoms with van der Waals surface area (Å²) in [5.74, 6) is -9.36. The van der Waals surface area contributed by atoms with Crippen molar-refractivity contribution in [2.45, 2.75) is 33.1 Å². The number of rotatable bonds is 6. The van der Waals surface area contributed by atoms with Crippen LogP contribution < -0.4 is 0 Å². The molecule has 2 aromatic carbocycles. The van der Waals surface area contributed by atoms with Gasteiger partial charge in [-0.15, -0.1) is 0 Å². The van der Waals surface area contributed by atoms with Crippen LogP contribution in [0.15, 0.2) is 30.3 Å². The van der Waals surface area contributed by atoms with E-state index in [4.69, 9.17) is 0 Å². The normalized spacial score (nSPS) is 13.7. The average Bonchev–Trinajstić information content (AvgIpc) is 2.61. The Bertz CT molecular complexity index is 774. The molecule has 2 aromatic rings. The number of aliphatic carboxylic acids is 1. The Morgan fingerprint density at radius 2 is 1.46 bits per heavy atom. The second kappa shape index (κ2) is 7.89. The van der Waals surface area contributed by atoms with Crippen LogP contribution in [0.5, 0.6) is 0 Å². The maximum atomic E-state index is 14.2. The van der Waals surface area contributed by atoms with Gasteiger partial charge in [0.05, 0.1) is 5.92 Å². The van der Waals surface area contributed by atoms with E-state index in [1.54, 1.807) is 44.2 Å². The van der Waals surface area contributed by atoms with E-state index < -0.39 is 58.6 Å². The molecule has 0 saturated heterocycles. The molecule has 0 aromatic heterocycles. The van der Waals surface area contributed by atoms with Gasteiger partial charge in [0.1, 0.15) is 0 Å². The molecule has 0 saturated carbocycles. The van der Waals surface area contributed by atoms with Crippen LogP contribution in [0.2, 0.25) is 0 Å². The monoisotopic (exact) mass is 368 g/mol. The van der Waals surface area contributed by atoms with E-state index in [1.165, 1.54) is 0 Å². The van der Waals surface area contributed by atoms with Gasteiger partial charge >= 0.3 is 5.97 Å². The predicted molar refractivity (Wildman–Crippen MR) is 89.9 cm³/mol. The minimum Gasteiger partial charge on any atom is -0.481 e. The van der Waals surface area contributed by atoms with Crippen molar-refractivity contribution < 1.29 is 27.5 Å². The lowest BCUT2D eigenvalue weighted by molar-refractivity contribution is -0.143. The third-order valence-corrected chi connectivity index (χ3v) is 4.65. The van der Waals surface area contributed by atoms with Gasteiger partial charge in [-0.3, -0.25) is 4.79 Å². The molecule has 0 spiro atoms. The Labute approximate surface area is 149 Å². The molecule has 6 heteroatoms. The summed E-state index contributed by atoms with van der Waals surface area (Å²) >= 11 is 0. The fourth-order valence-electron chi connectivity index (χ4n) is 3.31.